The van der Waals surface area contributed by atoms with Crippen molar-refractivity contribution in [2.75, 3.05) is 26.2 Å². The molecule has 0 aliphatic heterocycles. The molecule has 1 aliphatic carbocycles. The van der Waals surface area contributed by atoms with Crippen molar-refractivity contribution in [3.8, 4) is 0 Å². The number of halogens is 1. The van der Waals surface area contributed by atoms with Gasteiger partial charge in [-0.15, -0.1) is 0 Å². The summed E-state index contributed by atoms with van der Waals surface area (Å²) in [6.07, 6.45) is 2.85. The summed E-state index contributed by atoms with van der Waals surface area (Å²) in [5, 5.41) is 15.7. The summed E-state index contributed by atoms with van der Waals surface area (Å²) in [4.78, 5) is 4.53. The first-order chi connectivity index (χ1) is 10.2. The Morgan fingerprint density at radius 3 is 2.81 bits per heavy atom. The number of aliphatic hydroxyl groups excluding tert-OH is 1. The summed E-state index contributed by atoms with van der Waals surface area (Å²) in [6, 6.07) is 6.64. The predicted octanol–water partition coefficient (Wildman–Crippen LogP) is 1.70. The summed E-state index contributed by atoms with van der Waals surface area (Å²) in [5.41, 5.74) is 0.984. The van der Waals surface area contributed by atoms with Crippen LogP contribution in [-0.4, -0.2) is 37.3 Å². The maximum absolute atomic E-state index is 13.1. The van der Waals surface area contributed by atoms with Gasteiger partial charge in [0, 0.05) is 18.5 Å². The van der Waals surface area contributed by atoms with Crippen LogP contribution >= 0.6 is 0 Å². The van der Waals surface area contributed by atoms with E-state index in [0.29, 0.717) is 13.1 Å². The van der Waals surface area contributed by atoms with Crippen LogP contribution in [0, 0.1) is 11.2 Å². The molecule has 2 rings (SSSR count). The van der Waals surface area contributed by atoms with Gasteiger partial charge in [-0.2, -0.15) is 0 Å². The predicted molar refractivity (Wildman–Crippen MR) is 82.8 cm³/mol. The van der Waals surface area contributed by atoms with Crippen molar-refractivity contribution in [3.63, 3.8) is 0 Å². The van der Waals surface area contributed by atoms with Crippen LogP contribution in [0.25, 0.3) is 0 Å². The number of hydrogen-bond donors (Lipinski definition) is 3. The van der Waals surface area contributed by atoms with E-state index in [-0.39, 0.29) is 17.8 Å². The lowest BCUT2D eigenvalue weighted by molar-refractivity contribution is 0.217. The number of aliphatic imine (C=N–C) groups is 1. The number of nitrogens with zero attached hydrogens (tertiary/aromatic N) is 1. The van der Waals surface area contributed by atoms with Gasteiger partial charge in [0.2, 0.25) is 0 Å². The van der Waals surface area contributed by atoms with E-state index in [1.165, 1.54) is 6.07 Å². The molecule has 0 aromatic heterocycles. The molecule has 1 aliphatic rings. The molecule has 4 nitrogen and oxygen atoms in total. The lowest BCUT2D eigenvalue weighted by Crippen LogP contribution is -2.38. The quantitative estimate of drug-likeness (QED) is 0.530. The van der Waals surface area contributed by atoms with E-state index < -0.39 is 0 Å². The maximum atomic E-state index is 13.1. The first-order valence-electron chi connectivity index (χ1n) is 7.55. The number of hydrogen-bond acceptors (Lipinski definition) is 2. The molecule has 1 aromatic carbocycles. The molecule has 1 fully saturated rings. The molecular weight excluding hydrogens is 269 g/mol. The molecule has 21 heavy (non-hydrogen) atoms. The molecule has 1 aromatic rings. The highest BCUT2D eigenvalue weighted by molar-refractivity contribution is 5.79. The molecule has 1 saturated carbocycles. The molecule has 5 heteroatoms. The minimum absolute atomic E-state index is 0.0188. The number of nitrogens with one attached hydrogen (secondary N) is 2. The molecule has 0 atom stereocenters. The number of rotatable bonds is 7. The van der Waals surface area contributed by atoms with Crippen LogP contribution in [0.3, 0.4) is 0 Å². The summed E-state index contributed by atoms with van der Waals surface area (Å²) in [7, 11) is 0. The fraction of sp³-hybridized carbons (Fsp3) is 0.562. The Balaban J connectivity index is 1.81. The zero-order valence-corrected chi connectivity index (χ0v) is 12.5. The minimum atomic E-state index is -0.202. The monoisotopic (exact) mass is 293 g/mol. The van der Waals surface area contributed by atoms with Crippen LogP contribution in [0.1, 0.15) is 25.3 Å². The van der Waals surface area contributed by atoms with Gasteiger partial charge in [0.25, 0.3) is 0 Å². The van der Waals surface area contributed by atoms with Crippen LogP contribution in [0.5, 0.6) is 0 Å². The van der Waals surface area contributed by atoms with E-state index in [4.69, 9.17) is 0 Å². The summed E-state index contributed by atoms with van der Waals surface area (Å²) in [5.74, 6) is 0.556. The van der Waals surface area contributed by atoms with Gasteiger partial charge < -0.3 is 15.7 Å². The van der Waals surface area contributed by atoms with Gasteiger partial charge in [-0.1, -0.05) is 12.1 Å². The largest absolute Gasteiger partial charge is 0.396 e. The third-order valence-corrected chi connectivity index (χ3v) is 3.80. The average molecular weight is 293 g/mol. The average Bonchev–Trinajstić information content (AvgIpc) is 3.25. The fourth-order valence-corrected chi connectivity index (χ4v) is 2.15. The van der Waals surface area contributed by atoms with Gasteiger partial charge in [0.15, 0.2) is 5.96 Å². The second kappa shape index (κ2) is 7.41. The van der Waals surface area contributed by atoms with Gasteiger partial charge in [0.1, 0.15) is 5.82 Å². The standard InChI is InChI=1S/C16H24FN3O/c1-2-18-15(20-11-16(12-21)7-8-16)19-9-6-13-4-3-5-14(17)10-13/h3-5,10,21H,2,6-9,11-12H2,1H3,(H2,18,19,20). The van der Waals surface area contributed by atoms with E-state index in [9.17, 15) is 9.50 Å². The zero-order valence-electron chi connectivity index (χ0n) is 12.5. The lowest BCUT2D eigenvalue weighted by Gasteiger charge is -2.13. The van der Waals surface area contributed by atoms with Crippen LogP contribution in [0.4, 0.5) is 4.39 Å². The Morgan fingerprint density at radius 1 is 1.38 bits per heavy atom. The zero-order chi connectivity index (χ0) is 15.1. The molecule has 0 saturated heterocycles. The van der Waals surface area contributed by atoms with Crippen molar-refractivity contribution in [1.82, 2.24) is 10.6 Å². The minimum Gasteiger partial charge on any atom is -0.396 e. The molecule has 0 bridgehead atoms. The molecule has 0 radical (unpaired) electrons. The van der Waals surface area contributed by atoms with Crippen LogP contribution in [-0.2, 0) is 6.42 Å². The third kappa shape index (κ3) is 5.01. The summed E-state index contributed by atoms with van der Waals surface area (Å²) >= 11 is 0. The van der Waals surface area contributed by atoms with Crippen LogP contribution in [0.2, 0.25) is 0 Å². The SMILES string of the molecule is CCNC(=NCC1(CO)CC1)NCCc1cccc(F)c1. The highest BCUT2D eigenvalue weighted by Gasteiger charge is 2.41. The Hall–Kier alpha value is -1.62. The number of benzene rings is 1. The maximum Gasteiger partial charge on any atom is 0.191 e. The molecule has 116 valence electrons. The third-order valence-electron chi connectivity index (χ3n) is 3.80. The fourth-order valence-electron chi connectivity index (χ4n) is 2.15. The van der Waals surface area contributed by atoms with Crippen molar-refractivity contribution in [2.45, 2.75) is 26.2 Å². The number of aliphatic hydroxyl groups is 1. The lowest BCUT2D eigenvalue weighted by atomic mass is 10.1. The smallest absolute Gasteiger partial charge is 0.191 e. The van der Waals surface area contributed by atoms with E-state index >= 15 is 0 Å². The topological polar surface area (TPSA) is 56.7 Å². The molecule has 0 heterocycles. The summed E-state index contributed by atoms with van der Waals surface area (Å²) < 4.78 is 13.1. The molecule has 0 spiro atoms. The highest BCUT2D eigenvalue weighted by Crippen LogP contribution is 2.45. The Morgan fingerprint density at radius 2 is 2.19 bits per heavy atom. The van der Waals surface area contributed by atoms with Gasteiger partial charge in [-0.3, -0.25) is 4.99 Å². The second-order valence-electron chi connectivity index (χ2n) is 5.66. The first-order valence-corrected chi connectivity index (χ1v) is 7.55. The van der Waals surface area contributed by atoms with Crippen molar-refractivity contribution >= 4 is 5.96 Å². The molecule has 0 unspecified atom stereocenters. The van der Waals surface area contributed by atoms with Crippen molar-refractivity contribution in [2.24, 2.45) is 10.4 Å². The van der Waals surface area contributed by atoms with E-state index in [1.807, 2.05) is 13.0 Å². The Bertz CT molecular complexity index is 486. The normalized spacial score (nSPS) is 16.6. The van der Waals surface area contributed by atoms with Gasteiger partial charge >= 0.3 is 0 Å². The first kappa shape index (κ1) is 15.8. The van der Waals surface area contributed by atoms with Gasteiger partial charge in [-0.05, 0) is 43.9 Å². The van der Waals surface area contributed by atoms with Crippen molar-refractivity contribution in [3.05, 3.63) is 35.6 Å². The van der Waals surface area contributed by atoms with Crippen molar-refractivity contribution in [1.29, 1.82) is 0 Å². The van der Waals surface area contributed by atoms with Gasteiger partial charge in [-0.25, -0.2) is 4.39 Å². The van der Waals surface area contributed by atoms with Crippen LogP contribution < -0.4 is 10.6 Å². The van der Waals surface area contributed by atoms with E-state index in [0.717, 1.165) is 37.3 Å². The Kier molecular flexibility index (Phi) is 5.56. The molecule has 3 N–H and O–H groups in total. The number of guanidine groups is 1. The summed E-state index contributed by atoms with van der Waals surface area (Å²) in [6.45, 7) is 4.36. The van der Waals surface area contributed by atoms with E-state index in [1.54, 1.807) is 12.1 Å². The molecule has 0 amide bonds. The van der Waals surface area contributed by atoms with Crippen molar-refractivity contribution < 1.29 is 9.50 Å². The highest BCUT2D eigenvalue weighted by atomic mass is 19.1. The second-order valence-corrected chi connectivity index (χ2v) is 5.66. The van der Waals surface area contributed by atoms with Crippen LogP contribution in [0.15, 0.2) is 29.3 Å². The Labute approximate surface area is 125 Å². The van der Waals surface area contributed by atoms with Gasteiger partial charge in [0.05, 0.1) is 13.2 Å². The molecular formula is C16H24FN3O. The van der Waals surface area contributed by atoms with E-state index in [2.05, 4.69) is 15.6 Å².